The first-order valence-corrected chi connectivity index (χ1v) is 7.41. The van der Waals surface area contributed by atoms with E-state index < -0.39 is 0 Å². The van der Waals surface area contributed by atoms with Gasteiger partial charge in [-0.1, -0.05) is 6.92 Å². The van der Waals surface area contributed by atoms with Gasteiger partial charge in [0.15, 0.2) is 5.96 Å². The molecule has 0 aliphatic carbocycles. The Balaban J connectivity index is 2.08. The van der Waals surface area contributed by atoms with E-state index in [4.69, 9.17) is 5.73 Å². The Hall–Kier alpha value is -0.770. The van der Waals surface area contributed by atoms with Crippen molar-refractivity contribution in [1.82, 2.24) is 9.80 Å². The van der Waals surface area contributed by atoms with Gasteiger partial charge in [-0.3, -0.25) is 4.99 Å². The van der Waals surface area contributed by atoms with Crippen LogP contribution in [0.15, 0.2) is 4.99 Å². The predicted molar refractivity (Wildman–Crippen MR) is 76.8 cm³/mol. The molecular weight excluding hydrogens is 224 g/mol. The molecule has 18 heavy (non-hydrogen) atoms. The molecule has 2 aliphatic heterocycles. The maximum absolute atomic E-state index is 6.09. The van der Waals surface area contributed by atoms with E-state index in [1.165, 1.54) is 45.3 Å². The van der Waals surface area contributed by atoms with Crippen molar-refractivity contribution in [3.05, 3.63) is 0 Å². The SMILES string of the molecule is CCCN1CCCC2(CC1)CN=C(N)N2C(C)C. The van der Waals surface area contributed by atoms with E-state index in [2.05, 4.69) is 35.6 Å². The van der Waals surface area contributed by atoms with Crippen LogP contribution >= 0.6 is 0 Å². The molecule has 0 amide bonds. The highest BCUT2D eigenvalue weighted by molar-refractivity contribution is 5.81. The maximum atomic E-state index is 6.09. The van der Waals surface area contributed by atoms with Crippen LogP contribution in [0, 0.1) is 0 Å². The first-order valence-electron chi connectivity index (χ1n) is 7.41. The van der Waals surface area contributed by atoms with Crippen molar-refractivity contribution in [2.75, 3.05) is 26.2 Å². The number of guanidine groups is 1. The van der Waals surface area contributed by atoms with Gasteiger partial charge < -0.3 is 15.5 Å². The van der Waals surface area contributed by atoms with Crippen molar-refractivity contribution in [2.24, 2.45) is 10.7 Å². The number of nitrogens with zero attached hydrogens (tertiary/aromatic N) is 3. The van der Waals surface area contributed by atoms with Crippen LogP contribution in [0.5, 0.6) is 0 Å². The summed E-state index contributed by atoms with van der Waals surface area (Å²) in [7, 11) is 0. The molecular formula is C14H28N4. The Bertz CT molecular complexity index is 313. The molecule has 1 spiro atoms. The summed E-state index contributed by atoms with van der Waals surface area (Å²) in [4.78, 5) is 9.51. The van der Waals surface area contributed by atoms with Crippen LogP contribution in [0.3, 0.4) is 0 Å². The fourth-order valence-electron chi connectivity index (χ4n) is 3.61. The van der Waals surface area contributed by atoms with E-state index in [0.717, 1.165) is 12.5 Å². The Labute approximate surface area is 111 Å². The predicted octanol–water partition coefficient (Wildman–Crippen LogP) is 1.66. The topological polar surface area (TPSA) is 44.9 Å². The van der Waals surface area contributed by atoms with Gasteiger partial charge in [-0.2, -0.15) is 0 Å². The molecule has 1 atom stereocenters. The highest BCUT2D eigenvalue weighted by atomic mass is 15.4. The Kier molecular flexibility index (Phi) is 4.15. The zero-order chi connectivity index (χ0) is 13.2. The lowest BCUT2D eigenvalue weighted by Gasteiger charge is -2.41. The second kappa shape index (κ2) is 5.47. The highest BCUT2D eigenvalue weighted by Crippen LogP contribution is 2.34. The fraction of sp³-hybridized carbons (Fsp3) is 0.929. The van der Waals surface area contributed by atoms with Gasteiger partial charge in [-0.25, -0.2) is 0 Å². The van der Waals surface area contributed by atoms with Crippen LogP contribution in [-0.4, -0.2) is 53.5 Å². The van der Waals surface area contributed by atoms with Gasteiger partial charge in [0, 0.05) is 12.6 Å². The lowest BCUT2D eigenvalue weighted by Crippen LogP contribution is -2.55. The van der Waals surface area contributed by atoms with E-state index in [1.54, 1.807) is 0 Å². The minimum Gasteiger partial charge on any atom is -0.370 e. The molecule has 0 aromatic rings. The van der Waals surface area contributed by atoms with E-state index in [1.807, 2.05) is 0 Å². The van der Waals surface area contributed by atoms with Crippen LogP contribution in [0.4, 0.5) is 0 Å². The average Bonchev–Trinajstić information content (AvgIpc) is 2.51. The van der Waals surface area contributed by atoms with Gasteiger partial charge in [0.05, 0.1) is 12.1 Å². The molecule has 2 rings (SSSR count). The van der Waals surface area contributed by atoms with Crippen molar-refractivity contribution in [3.63, 3.8) is 0 Å². The Morgan fingerprint density at radius 2 is 2.11 bits per heavy atom. The number of rotatable bonds is 3. The molecule has 2 heterocycles. The van der Waals surface area contributed by atoms with Gasteiger partial charge >= 0.3 is 0 Å². The lowest BCUT2D eigenvalue weighted by atomic mass is 9.88. The van der Waals surface area contributed by atoms with Crippen molar-refractivity contribution in [3.8, 4) is 0 Å². The normalized spacial score (nSPS) is 30.0. The molecule has 0 saturated carbocycles. The summed E-state index contributed by atoms with van der Waals surface area (Å²) in [5.41, 5.74) is 6.30. The van der Waals surface area contributed by atoms with Crippen LogP contribution in [0.25, 0.3) is 0 Å². The number of aliphatic imine (C=N–C) groups is 1. The summed E-state index contributed by atoms with van der Waals surface area (Å²) < 4.78 is 0. The first-order chi connectivity index (χ1) is 8.59. The fourth-order valence-corrected chi connectivity index (χ4v) is 3.61. The van der Waals surface area contributed by atoms with E-state index >= 15 is 0 Å². The number of nitrogens with two attached hydrogens (primary N) is 1. The molecule has 0 radical (unpaired) electrons. The third kappa shape index (κ3) is 2.48. The maximum Gasteiger partial charge on any atom is 0.192 e. The van der Waals surface area contributed by atoms with E-state index in [-0.39, 0.29) is 5.54 Å². The molecule has 0 aromatic carbocycles. The Morgan fingerprint density at radius 3 is 2.78 bits per heavy atom. The standard InChI is InChI=1S/C14H28N4/c1-4-8-17-9-5-6-14(7-10-17)11-16-13(15)18(14)12(2)3/h12H,4-11H2,1-3H3,(H2,15,16). The van der Waals surface area contributed by atoms with Gasteiger partial charge in [0.2, 0.25) is 0 Å². The summed E-state index contributed by atoms with van der Waals surface area (Å²) >= 11 is 0. The van der Waals surface area contributed by atoms with Crippen LogP contribution in [0.2, 0.25) is 0 Å². The zero-order valence-corrected chi connectivity index (χ0v) is 12.2. The molecule has 104 valence electrons. The van der Waals surface area contributed by atoms with Crippen molar-refractivity contribution in [2.45, 2.75) is 58.0 Å². The summed E-state index contributed by atoms with van der Waals surface area (Å²) in [5.74, 6) is 0.758. The first kappa shape index (κ1) is 13.7. The van der Waals surface area contributed by atoms with Gasteiger partial charge in [-0.15, -0.1) is 0 Å². The minimum atomic E-state index is 0.209. The van der Waals surface area contributed by atoms with Gasteiger partial charge in [-0.05, 0) is 52.6 Å². The Morgan fingerprint density at radius 1 is 1.33 bits per heavy atom. The van der Waals surface area contributed by atoms with Crippen molar-refractivity contribution >= 4 is 5.96 Å². The third-order valence-electron chi connectivity index (χ3n) is 4.36. The molecule has 1 unspecified atom stereocenters. The molecule has 0 bridgehead atoms. The van der Waals surface area contributed by atoms with Gasteiger partial charge in [0.25, 0.3) is 0 Å². The van der Waals surface area contributed by atoms with E-state index in [9.17, 15) is 0 Å². The molecule has 2 N–H and O–H groups in total. The molecule has 1 fully saturated rings. The van der Waals surface area contributed by atoms with E-state index in [0.29, 0.717) is 6.04 Å². The summed E-state index contributed by atoms with van der Waals surface area (Å²) in [5, 5.41) is 0. The number of hydrogen-bond acceptors (Lipinski definition) is 4. The quantitative estimate of drug-likeness (QED) is 0.831. The van der Waals surface area contributed by atoms with Crippen molar-refractivity contribution < 1.29 is 0 Å². The van der Waals surface area contributed by atoms with Crippen LogP contribution in [-0.2, 0) is 0 Å². The lowest BCUT2D eigenvalue weighted by molar-refractivity contribution is 0.142. The summed E-state index contributed by atoms with van der Waals surface area (Å²) in [6.45, 7) is 11.3. The number of hydrogen-bond donors (Lipinski definition) is 1. The minimum absolute atomic E-state index is 0.209. The van der Waals surface area contributed by atoms with Gasteiger partial charge in [0.1, 0.15) is 0 Å². The largest absolute Gasteiger partial charge is 0.370 e. The zero-order valence-electron chi connectivity index (χ0n) is 12.2. The number of likely N-dealkylation sites (tertiary alicyclic amines) is 1. The highest BCUT2D eigenvalue weighted by Gasteiger charge is 2.43. The van der Waals surface area contributed by atoms with Crippen LogP contribution < -0.4 is 5.73 Å². The molecule has 1 saturated heterocycles. The molecule has 4 nitrogen and oxygen atoms in total. The molecule has 0 aromatic heterocycles. The molecule has 2 aliphatic rings. The monoisotopic (exact) mass is 252 g/mol. The smallest absolute Gasteiger partial charge is 0.192 e. The molecule has 4 heteroatoms. The summed E-state index contributed by atoms with van der Waals surface area (Å²) in [6.07, 6.45) is 4.95. The van der Waals surface area contributed by atoms with Crippen molar-refractivity contribution in [1.29, 1.82) is 0 Å². The van der Waals surface area contributed by atoms with Crippen LogP contribution in [0.1, 0.15) is 46.5 Å². The second-order valence-corrected chi connectivity index (χ2v) is 6.06. The average molecular weight is 252 g/mol. The third-order valence-corrected chi connectivity index (χ3v) is 4.36. The second-order valence-electron chi connectivity index (χ2n) is 6.06. The summed E-state index contributed by atoms with van der Waals surface area (Å²) in [6, 6.07) is 0.453.